The maximum atomic E-state index is 10.8. The lowest BCUT2D eigenvalue weighted by Gasteiger charge is -2.23. The summed E-state index contributed by atoms with van der Waals surface area (Å²) in [6.07, 6.45) is 2.73. The highest BCUT2D eigenvalue weighted by atomic mass is 16.5. The van der Waals surface area contributed by atoms with Gasteiger partial charge in [-0.05, 0) is 31.9 Å². The summed E-state index contributed by atoms with van der Waals surface area (Å²) in [7, 11) is 0. The zero-order chi connectivity index (χ0) is 11.4. The van der Waals surface area contributed by atoms with Crippen LogP contribution in [0.25, 0.3) is 0 Å². The highest BCUT2D eigenvalue weighted by Crippen LogP contribution is 2.19. The fourth-order valence-electron chi connectivity index (χ4n) is 1.73. The van der Waals surface area contributed by atoms with Gasteiger partial charge >= 0.3 is 0 Å². The Balaban J connectivity index is 2.10. The highest BCUT2D eigenvalue weighted by Gasteiger charge is 2.17. The zero-order valence-corrected chi connectivity index (χ0v) is 9.31. The summed E-state index contributed by atoms with van der Waals surface area (Å²) in [4.78, 5) is 15.0. The van der Waals surface area contributed by atoms with E-state index >= 15 is 0 Å². The number of pyridine rings is 1. The summed E-state index contributed by atoms with van der Waals surface area (Å²) in [5.41, 5.74) is 1.18. The summed E-state index contributed by atoms with van der Waals surface area (Å²) >= 11 is 0. The van der Waals surface area contributed by atoms with Gasteiger partial charge in [0.2, 0.25) is 0 Å². The molecule has 0 radical (unpaired) electrons. The van der Waals surface area contributed by atoms with E-state index in [-0.39, 0.29) is 6.10 Å². The van der Waals surface area contributed by atoms with Crippen LogP contribution in [0.5, 0.6) is 5.75 Å². The van der Waals surface area contributed by atoms with Crippen molar-refractivity contribution in [2.45, 2.75) is 25.9 Å². The molecule has 1 aliphatic heterocycles. The van der Waals surface area contributed by atoms with Crippen LogP contribution in [0.15, 0.2) is 12.1 Å². The number of hydrogen-bond donors (Lipinski definition) is 0. The third-order valence-electron chi connectivity index (χ3n) is 2.55. The molecule has 1 atom stereocenters. The van der Waals surface area contributed by atoms with Crippen molar-refractivity contribution in [2.75, 3.05) is 13.2 Å². The number of carbonyl (C=O) groups is 1. The maximum Gasteiger partial charge on any atom is 0.172 e. The van der Waals surface area contributed by atoms with E-state index in [0.717, 1.165) is 31.4 Å². The predicted molar refractivity (Wildman–Crippen MR) is 58.8 cm³/mol. The number of nitrogens with zero attached hydrogens (tertiary/aromatic N) is 1. The van der Waals surface area contributed by atoms with Crippen molar-refractivity contribution in [1.82, 2.24) is 4.98 Å². The van der Waals surface area contributed by atoms with Crippen LogP contribution >= 0.6 is 0 Å². The molecule has 1 aliphatic rings. The first kappa shape index (κ1) is 11.1. The van der Waals surface area contributed by atoms with Crippen molar-refractivity contribution in [2.24, 2.45) is 0 Å². The number of ether oxygens (including phenoxy) is 2. The average Bonchev–Trinajstić information content (AvgIpc) is 2.33. The minimum atomic E-state index is 0.0388. The van der Waals surface area contributed by atoms with Gasteiger partial charge < -0.3 is 9.47 Å². The molecule has 0 spiro atoms. The molecular formula is C12H15NO3. The molecule has 2 heterocycles. The SMILES string of the molecule is Cc1ccc(OC2CCCOC2)c(C=O)n1. The molecule has 4 heteroatoms. The summed E-state index contributed by atoms with van der Waals surface area (Å²) in [5.74, 6) is 0.552. The largest absolute Gasteiger partial charge is 0.486 e. The van der Waals surface area contributed by atoms with Gasteiger partial charge in [-0.3, -0.25) is 4.79 Å². The summed E-state index contributed by atoms with van der Waals surface area (Å²) in [5, 5.41) is 0. The van der Waals surface area contributed by atoms with Crippen molar-refractivity contribution in [3.63, 3.8) is 0 Å². The number of rotatable bonds is 3. The zero-order valence-electron chi connectivity index (χ0n) is 9.31. The first-order chi connectivity index (χ1) is 7.79. The molecule has 0 aromatic carbocycles. The van der Waals surface area contributed by atoms with Gasteiger partial charge in [0.1, 0.15) is 17.5 Å². The van der Waals surface area contributed by atoms with Crippen LogP contribution in [0.3, 0.4) is 0 Å². The fraction of sp³-hybridized carbons (Fsp3) is 0.500. The number of aldehydes is 1. The molecule has 1 fully saturated rings. The van der Waals surface area contributed by atoms with E-state index in [1.807, 2.05) is 13.0 Å². The topological polar surface area (TPSA) is 48.4 Å². The second kappa shape index (κ2) is 5.07. The second-order valence-corrected chi connectivity index (χ2v) is 3.91. The van der Waals surface area contributed by atoms with Crippen LogP contribution in [0.4, 0.5) is 0 Å². The molecule has 1 saturated heterocycles. The van der Waals surface area contributed by atoms with Crippen LogP contribution in [0.2, 0.25) is 0 Å². The molecule has 0 saturated carbocycles. The molecule has 0 bridgehead atoms. The van der Waals surface area contributed by atoms with Gasteiger partial charge in [0, 0.05) is 12.3 Å². The van der Waals surface area contributed by atoms with Crippen molar-refractivity contribution >= 4 is 6.29 Å². The quantitative estimate of drug-likeness (QED) is 0.730. The molecule has 86 valence electrons. The fourth-order valence-corrected chi connectivity index (χ4v) is 1.73. The van der Waals surface area contributed by atoms with E-state index in [1.54, 1.807) is 6.07 Å². The predicted octanol–water partition coefficient (Wildman–Crippen LogP) is 1.76. The van der Waals surface area contributed by atoms with Crippen molar-refractivity contribution in [3.05, 3.63) is 23.5 Å². The van der Waals surface area contributed by atoms with E-state index in [4.69, 9.17) is 9.47 Å². The van der Waals surface area contributed by atoms with Gasteiger partial charge in [-0.1, -0.05) is 0 Å². The Hall–Kier alpha value is -1.42. The molecular weight excluding hydrogens is 206 g/mol. The molecule has 1 unspecified atom stereocenters. The molecule has 16 heavy (non-hydrogen) atoms. The number of hydrogen-bond acceptors (Lipinski definition) is 4. The lowest BCUT2D eigenvalue weighted by Crippen LogP contribution is -2.28. The van der Waals surface area contributed by atoms with Gasteiger partial charge in [-0.2, -0.15) is 0 Å². The third-order valence-corrected chi connectivity index (χ3v) is 2.55. The Morgan fingerprint density at radius 2 is 2.44 bits per heavy atom. The third kappa shape index (κ3) is 2.58. The van der Waals surface area contributed by atoms with Crippen LogP contribution in [-0.2, 0) is 4.74 Å². The molecule has 0 amide bonds. The van der Waals surface area contributed by atoms with Gasteiger partial charge in [-0.15, -0.1) is 0 Å². The molecule has 4 nitrogen and oxygen atoms in total. The van der Waals surface area contributed by atoms with Gasteiger partial charge in [0.05, 0.1) is 6.61 Å². The lowest BCUT2D eigenvalue weighted by molar-refractivity contribution is 0.00702. The Morgan fingerprint density at radius 3 is 3.12 bits per heavy atom. The van der Waals surface area contributed by atoms with E-state index in [1.165, 1.54) is 0 Å². The van der Waals surface area contributed by atoms with Gasteiger partial charge in [0.25, 0.3) is 0 Å². The van der Waals surface area contributed by atoms with Gasteiger partial charge in [0.15, 0.2) is 6.29 Å². The number of aryl methyl sites for hydroxylation is 1. The monoisotopic (exact) mass is 221 g/mol. The molecule has 1 aromatic heterocycles. The van der Waals surface area contributed by atoms with Crippen LogP contribution < -0.4 is 4.74 Å². The highest BCUT2D eigenvalue weighted by molar-refractivity contribution is 5.76. The molecule has 1 aromatic rings. The normalized spacial score (nSPS) is 20.4. The van der Waals surface area contributed by atoms with E-state index in [2.05, 4.69) is 4.98 Å². The van der Waals surface area contributed by atoms with Crippen molar-refractivity contribution in [1.29, 1.82) is 0 Å². The average molecular weight is 221 g/mol. The van der Waals surface area contributed by atoms with Crippen LogP contribution in [0.1, 0.15) is 29.0 Å². The minimum Gasteiger partial charge on any atom is -0.486 e. The van der Waals surface area contributed by atoms with Gasteiger partial charge in [-0.25, -0.2) is 4.98 Å². The smallest absolute Gasteiger partial charge is 0.172 e. The molecule has 0 aliphatic carbocycles. The number of aromatic nitrogens is 1. The summed E-state index contributed by atoms with van der Waals surface area (Å²) in [6, 6.07) is 3.63. The van der Waals surface area contributed by atoms with E-state index < -0.39 is 0 Å². The van der Waals surface area contributed by atoms with Crippen LogP contribution in [0, 0.1) is 6.92 Å². The lowest BCUT2D eigenvalue weighted by atomic mass is 10.2. The Bertz CT molecular complexity index is 373. The maximum absolute atomic E-state index is 10.8. The summed E-state index contributed by atoms with van der Waals surface area (Å²) in [6.45, 7) is 3.24. The Kier molecular flexibility index (Phi) is 3.51. The summed E-state index contributed by atoms with van der Waals surface area (Å²) < 4.78 is 11.0. The standard InChI is InChI=1S/C12H15NO3/c1-9-4-5-12(11(7-14)13-9)16-10-3-2-6-15-8-10/h4-5,7,10H,2-3,6,8H2,1H3. The Labute approximate surface area is 94.6 Å². The van der Waals surface area contributed by atoms with E-state index in [0.29, 0.717) is 18.1 Å². The van der Waals surface area contributed by atoms with Crippen molar-refractivity contribution in [3.8, 4) is 5.75 Å². The second-order valence-electron chi connectivity index (χ2n) is 3.91. The first-order valence-electron chi connectivity index (χ1n) is 5.47. The van der Waals surface area contributed by atoms with Crippen molar-refractivity contribution < 1.29 is 14.3 Å². The minimum absolute atomic E-state index is 0.0388. The molecule has 0 N–H and O–H groups in total. The molecule has 2 rings (SSSR count). The Morgan fingerprint density at radius 1 is 1.56 bits per heavy atom. The first-order valence-corrected chi connectivity index (χ1v) is 5.47. The van der Waals surface area contributed by atoms with E-state index in [9.17, 15) is 4.79 Å². The van der Waals surface area contributed by atoms with Crippen LogP contribution in [-0.4, -0.2) is 30.6 Å². The number of carbonyl (C=O) groups excluding carboxylic acids is 1.